The van der Waals surface area contributed by atoms with Crippen molar-refractivity contribution in [3.8, 4) is 0 Å². The number of aliphatic hydroxyl groups is 1. The van der Waals surface area contributed by atoms with Crippen LogP contribution in [0.3, 0.4) is 0 Å². The van der Waals surface area contributed by atoms with E-state index in [1.54, 1.807) is 6.92 Å². The maximum absolute atomic E-state index is 13.0. The van der Waals surface area contributed by atoms with Crippen LogP contribution in [-0.2, 0) is 30.9 Å². The second-order valence-electron chi connectivity index (χ2n) is 9.60. The Morgan fingerprint density at radius 1 is 1.17 bits per heavy atom. The Bertz CT molecular complexity index is 986. The minimum atomic E-state index is -4.93. The predicted octanol–water partition coefficient (Wildman–Crippen LogP) is 1.37. The van der Waals surface area contributed by atoms with Crippen LogP contribution in [0.15, 0.2) is 30.3 Å². The molecule has 1 aromatic carbocycles. The van der Waals surface area contributed by atoms with Crippen LogP contribution in [0.4, 0.5) is 4.79 Å². The number of carbonyl (C=O) groups excluding carboxylic acids is 3. The summed E-state index contributed by atoms with van der Waals surface area (Å²) >= 11 is 0. The zero-order valence-corrected chi connectivity index (χ0v) is 21.7. The largest absolute Gasteiger partial charge is 0.447 e. The number of nitrogens with one attached hydrogen (secondary N) is 3. The van der Waals surface area contributed by atoms with E-state index in [1.165, 1.54) is 0 Å². The standard InChI is InChI=1S/C24H37N3O8S/c1-15(2)13-19(27-24(31)35-16(3)9-10-17-7-5-4-6-8-17)22(29)26-20(23(30)36(32,33)34)14-18-11-12-25-21(18)28/h4-8,15-16,18-20,23,30H,9-14H2,1-3H3,(H,25,28)(H,26,29)(H,27,31)(H,32,33,34)/t16?,18-,19-,20-,23?/m0/s1. The smallest absolute Gasteiger partial charge is 0.408 e. The Balaban J connectivity index is 2.02. The molecular formula is C24H37N3O8S. The minimum absolute atomic E-state index is 0.0258. The lowest BCUT2D eigenvalue weighted by molar-refractivity contribution is -0.126. The number of ether oxygens (including phenoxy) is 1. The van der Waals surface area contributed by atoms with Gasteiger partial charge in [-0.15, -0.1) is 0 Å². The van der Waals surface area contributed by atoms with Crippen molar-refractivity contribution in [2.75, 3.05) is 6.54 Å². The van der Waals surface area contributed by atoms with E-state index < -0.39 is 51.7 Å². The fourth-order valence-electron chi connectivity index (χ4n) is 4.05. The fraction of sp³-hybridized carbons (Fsp3) is 0.625. The van der Waals surface area contributed by atoms with Crippen LogP contribution < -0.4 is 16.0 Å². The zero-order valence-electron chi connectivity index (χ0n) is 20.8. The molecule has 1 aliphatic rings. The molecule has 0 bridgehead atoms. The van der Waals surface area contributed by atoms with Crippen molar-refractivity contribution in [2.24, 2.45) is 11.8 Å². The molecule has 3 amide bonds. The minimum Gasteiger partial charge on any atom is -0.447 e. The topological polar surface area (TPSA) is 171 Å². The van der Waals surface area contributed by atoms with Crippen LogP contribution in [0.25, 0.3) is 0 Å². The molecule has 0 radical (unpaired) electrons. The Labute approximate surface area is 212 Å². The normalized spacial score (nSPS) is 19.2. The van der Waals surface area contributed by atoms with Crippen molar-refractivity contribution in [3.05, 3.63) is 35.9 Å². The highest BCUT2D eigenvalue weighted by atomic mass is 32.2. The van der Waals surface area contributed by atoms with Gasteiger partial charge in [0.1, 0.15) is 12.1 Å². The van der Waals surface area contributed by atoms with Gasteiger partial charge in [0.15, 0.2) is 0 Å². The number of amides is 3. The summed E-state index contributed by atoms with van der Waals surface area (Å²) in [4.78, 5) is 37.5. The molecule has 5 N–H and O–H groups in total. The molecule has 11 nitrogen and oxygen atoms in total. The molecule has 1 heterocycles. The molecule has 5 atom stereocenters. The third-order valence-corrected chi connectivity index (χ3v) is 6.92. The van der Waals surface area contributed by atoms with Gasteiger partial charge in [-0.25, -0.2) is 4.79 Å². The zero-order chi connectivity index (χ0) is 26.9. The van der Waals surface area contributed by atoms with Gasteiger partial charge in [-0.3, -0.25) is 14.1 Å². The van der Waals surface area contributed by atoms with Crippen LogP contribution in [0.5, 0.6) is 0 Å². The molecule has 1 fully saturated rings. The van der Waals surface area contributed by atoms with E-state index >= 15 is 0 Å². The molecule has 2 unspecified atom stereocenters. The third-order valence-electron chi connectivity index (χ3n) is 5.98. The van der Waals surface area contributed by atoms with E-state index in [-0.39, 0.29) is 24.7 Å². The summed E-state index contributed by atoms with van der Waals surface area (Å²) in [5.74, 6) is -1.76. The van der Waals surface area contributed by atoms with Crippen molar-refractivity contribution < 1.29 is 37.2 Å². The molecule has 0 saturated carbocycles. The summed E-state index contributed by atoms with van der Waals surface area (Å²) in [5.41, 5.74) is -1.23. The molecular weight excluding hydrogens is 490 g/mol. The van der Waals surface area contributed by atoms with Gasteiger partial charge < -0.3 is 25.8 Å². The highest BCUT2D eigenvalue weighted by molar-refractivity contribution is 7.86. The Morgan fingerprint density at radius 3 is 2.39 bits per heavy atom. The summed E-state index contributed by atoms with van der Waals surface area (Å²) in [5, 5.41) is 17.7. The summed E-state index contributed by atoms with van der Waals surface area (Å²) < 4.78 is 37.9. The maximum Gasteiger partial charge on any atom is 0.408 e. The summed E-state index contributed by atoms with van der Waals surface area (Å²) in [6.45, 7) is 5.80. The van der Waals surface area contributed by atoms with Gasteiger partial charge in [0, 0.05) is 12.5 Å². The van der Waals surface area contributed by atoms with Gasteiger partial charge in [0.05, 0.1) is 6.04 Å². The number of rotatable bonds is 13. The van der Waals surface area contributed by atoms with E-state index in [9.17, 15) is 32.5 Å². The van der Waals surface area contributed by atoms with Gasteiger partial charge in [-0.05, 0) is 50.5 Å². The quantitative estimate of drug-likeness (QED) is 0.239. The fourth-order valence-corrected chi connectivity index (χ4v) is 4.64. The monoisotopic (exact) mass is 527 g/mol. The Kier molecular flexibility index (Phi) is 11.1. The Hall–Kier alpha value is -2.70. The first-order chi connectivity index (χ1) is 16.9. The number of benzene rings is 1. The van der Waals surface area contributed by atoms with Gasteiger partial charge in [-0.1, -0.05) is 44.2 Å². The van der Waals surface area contributed by atoms with Crippen LogP contribution >= 0.6 is 0 Å². The van der Waals surface area contributed by atoms with Crippen molar-refractivity contribution >= 4 is 28.0 Å². The molecule has 2 rings (SSSR count). The summed E-state index contributed by atoms with van der Waals surface area (Å²) in [7, 11) is -4.93. The lowest BCUT2D eigenvalue weighted by atomic mass is 9.97. The lowest BCUT2D eigenvalue weighted by Gasteiger charge is -2.27. The first kappa shape index (κ1) is 29.5. The average Bonchev–Trinajstić information content (AvgIpc) is 3.20. The molecule has 0 aromatic heterocycles. The SMILES string of the molecule is CC(C)C[C@H](NC(=O)OC(C)CCc1ccccc1)C(=O)N[C@@H](C[C@@H]1CCNC1=O)C(O)S(=O)(=O)O. The molecule has 1 aromatic rings. The first-order valence-corrected chi connectivity index (χ1v) is 13.6. The molecule has 0 aliphatic carbocycles. The lowest BCUT2D eigenvalue weighted by Crippen LogP contribution is -2.55. The van der Waals surface area contributed by atoms with E-state index in [4.69, 9.17) is 4.74 Å². The molecule has 1 aliphatic heterocycles. The number of hydrogen-bond donors (Lipinski definition) is 5. The van der Waals surface area contributed by atoms with E-state index in [0.29, 0.717) is 25.8 Å². The average molecular weight is 528 g/mol. The predicted molar refractivity (Wildman–Crippen MR) is 132 cm³/mol. The number of carbonyl (C=O) groups is 3. The van der Waals surface area contributed by atoms with Crippen molar-refractivity contribution in [3.63, 3.8) is 0 Å². The summed E-state index contributed by atoms with van der Waals surface area (Å²) in [6.07, 6.45) is 0.442. The van der Waals surface area contributed by atoms with E-state index in [2.05, 4.69) is 16.0 Å². The second-order valence-corrected chi connectivity index (χ2v) is 11.1. The van der Waals surface area contributed by atoms with Gasteiger partial charge >= 0.3 is 6.09 Å². The Morgan fingerprint density at radius 2 is 1.83 bits per heavy atom. The van der Waals surface area contributed by atoms with E-state index in [0.717, 1.165) is 5.56 Å². The number of aliphatic hydroxyl groups excluding tert-OH is 1. The van der Waals surface area contributed by atoms with Crippen molar-refractivity contribution in [1.29, 1.82) is 0 Å². The van der Waals surface area contributed by atoms with E-state index in [1.807, 2.05) is 44.2 Å². The molecule has 36 heavy (non-hydrogen) atoms. The van der Waals surface area contributed by atoms with Crippen molar-refractivity contribution in [1.82, 2.24) is 16.0 Å². The molecule has 1 saturated heterocycles. The van der Waals surface area contributed by atoms with Crippen LogP contribution in [0, 0.1) is 11.8 Å². The van der Waals surface area contributed by atoms with Gasteiger partial charge in [0.2, 0.25) is 17.3 Å². The van der Waals surface area contributed by atoms with Crippen LogP contribution in [-0.4, -0.2) is 66.2 Å². The number of hydrogen-bond acceptors (Lipinski definition) is 7. The molecule has 12 heteroatoms. The number of aryl methyl sites for hydroxylation is 1. The molecule has 0 spiro atoms. The van der Waals surface area contributed by atoms with Crippen LogP contribution in [0.1, 0.15) is 52.0 Å². The van der Waals surface area contributed by atoms with Crippen LogP contribution in [0.2, 0.25) is 0 Å². The van der Waals surface area contributed by atoms with Crippen molar-refractivity contribution in [2.45, 2.75) is 76.5 Å². The summed E-state index contributed by atoms with van der Waals surface area (Å²) in [6, 6.07) is 7.16. The highest BCUT2D eigenvalue weighted by Crippen LogP contribution is 2.20. The number of alkyl carbamates (subject to hydrolysis) is 1. The first-order valence-electron chi connectivity index (χ1n) is 12.1. The van der Waals surface area contributed by atoms with Gasteiger partial charge in [0.25, 0.3) is 10.1 Å². The third kappa shape index (κ3) is 9.75. The molecule has 202 valence electrons. The van der Waals surface area contributed by atoms with Gasteiger partial charge in [-0.2, -0.15) is 8.42 Å². The maximum atomic E-state index is 13.0. The second kappa shape index (κ2) is 13.6. The highest BCUT2D eigenvalue weighted by Gasteiger charge is 2.38.